The summed E-state index contributed by atoms with van der Waals surface area (Å²) in [6.45, 7) is 2.83. The maximum absolute atomic E-state index is 11.3. The SMILES string of the molecule is COC(=O)c1ccc(OCCCOCCCCCN)cc1. The van der Waals surface area contributed by atoms with Crippen LogP contribution in [0.4, 0.5) is 0 Å². The van der Waals surface area contributed by atoms with E-state index in [4.69, 9.17) is 15.2 Å². The largest absolute Gasteiger partial charge is 0.494 e. The van der Waals surface area contributed by atoms with Crippen molar-refractivity contribution in [3.05, 3.63) is 29.8 Å². The van der Waals surface area contributed by atoms with Gasteiger partial charge in [0.1, 0.15) is 5.75 Å². The van der Waals surface area contributed by atoms with Crippen molar-refractivity contribution in [1.82, 2.24) is 0 Å². The quantitative estimate of drug-likeness (QED) is 0.501. The predicted octanol–water partition coefficient (Wildman–Crippen LogP) is 2.39. The Labute approximate surface area is 126 Å². The zero-order valence-corrected chi connectivity index (χ0v) is 12.7. The molecule has 0 aliphatic carbocycles. The van der Waals surface area contributed by atoms with Gasteiger partial charge in [-0.15, -0.1) is 0 Å². The van der Waals surface area contributed by atoms with Crippen LogP contribution >= 0.6 is 0 Å². The van der Waals surface area contributed by atoms with E-state index in [0.717, 1.165) is 44.6 Å². The van der Waals surface area contributed by atoms with E-state index in [9.17, 15) is 4.79 Å². The Balaban J connectivity index is 2.06. The lowest BCUT2D eigenvalue weighted by Gasteiger charge is -2.07. The first-order valence-electron chi connectivity index (χ1n) is 7.37. The van der Waals surface area contributed by atoms with Gasteiger partial charge in [0.15, 0.2) is 0 Å². The number of ether oxygens (including phenoxy) is 3. The Kier molecular flexibility index (Phi) is 9.24. The molecule has 0 aliphatic rings. The van der Waals surface area contributed by atoms with Crippen LogP contribution in [0.5, 0.6) is 5.75 Å². The molecule has 0 radical (unpaired) electrons. The molecule has 0 aromatic heterocycles. The van der Waals surface area contributed by atoms with Gasteiger partial charge in [-0.3, -0.25) is 0 Å². The molecule has 0 aliphatic heterocycles. The summed E-state index contributed by atoms with van der Waals surface area (Å²) in [6, 6.07) is 6.91. The molecule has 0 fully saturated rings. The van der Waals surface area contributed by atoms with E-state index in [2.05, 4.69) is 4.74 Å². The van der Waals surface area contributed by atoms with Gasteiger partial charge in [0, 0.05) is 19.6 Å². The van der Waals surface area contributed by atoms with Crippen LogP contribution in [0.1, 0.15) is 36.0 Å². The molecular weight excluding hydrogens is 270 g/mol. The second-order valence-corrected chi connectivity index (χ2v) is 4.68. The second kappa shape index (κ2) is 11.1. The summed E-state index contributed by atoms with van der Waals surface area (Å²) in [5.74, 6) is 0.398. The molecule has 0 bridgehead atoms. The summed E-state index contributed by atoms with van der Waals surface area (Å²) in [7, 11) is 1.36. The number of esters is 1. The maximum atomic E-state index is 11.3. The highest BCUT2D eigenvalue weighted by molar-refractivity contribution is 5.89. The number of hydrogen-bond acceptors (Lipinski definition) is 5. The summed E-state index contributed by atoms with van der Waals surface area (Å²) in [5, 5.41) is 0. The number of benzene rings is 1. The first kappa shape index (κ1) is 17.5. The molecule has 0 unspecified atom stereocenters. The Bertz CT molecular complexity index is 392. The molecule has 118 valence electrons. The average Bonchev–Trinajstić information content (AvgIpc) is 2.53. The van der Waals surface area contributed by atoms with Gasteiger partial charge < -0.3 is 19.9 Å². The Morgan fingerprint density at radius 1 is 1.00 bits per heavy atom. The van der Waals surface area contributed by atoms with Gasteiger partial charge in [-0.2, -0.15) is 0 Å². The molecule has 0 saturated heterocycles. The minimum atomic E-state index is -0.343. The smallest absolute Gasteiger partial charge is 0.337 e. The van der Waals surface area contributed by atoms with Crippen molar-refractivity contribution in [3.8, 4) is 5.75 Å². The van der Waals surface area contributed by atoms with Crippen LogP contribution in [0.25, 0.3) is 0 Å². The van der Waals surface area contributed by atoms with Crippen LogP contribution in [-0.2, 0) is 9.47 Å². The molecule has 0 spiro atoms. The van der Waals surface area contributed by atoms with Crippen LogP contribution in [-0.4, -0.2) is 39.4 Å². The summed E-state index contributed by atoms with van der Waals surface area (Å²) in [6.07, 6.45) is 4.09. The number of methoxy groups -OCH3 is 1. The van der Waals surface area contributed by atoms with Gasteiger partial charge in [-0.25, -0.2) is 4.79 Å². The van der Waals surface area contributed by atoms with Crippen LogP contribution < -0.4 is 10.5 Å². The zero-order chi connectivity index (χ0) is 15.3. The summed E-state index contributed by atoms with van der Waals surface area (Å²) >= 11 is 0. The van der Waals surface area contributed by atoms with Crippen LogP contribution in [0.15, 0.2) is 24.3 Å². The number of rotatable bonds is 11. The minimum absolute atomic E-state index is 0.343. The average molecular weight is 295 g/mol. The molecule has 0 heterocycles. The van der Waals surface area contributed by atoms with Crippen molar-refractivity contribution in [1.29, 1.82) is 0 Å². The first-order valence-corrected chi connectivity index (χ1v) is 7.37. The highest BCUT2D eigenvalue weighted by Gasteiger charge is 2.04. The highest BCUT2D eigenvalue weighted by Crippen LogP contribution is 2.13. The third kappa shape index (κ3) is 7.68. The molecule has 21 heavy (non-hydrogen) atoms. The number of nitrogens with two attached hydrogens (primary N) is 1. The fourth-order valence-corrected chi connectivity index (χ4v) is 1.78. The van der Waals surface area contributed by atoms with Crippen molar-refractivity contribution < 1.29 is 19.0 Å². The minimum Gasteiger partial charge on any atom is -0.494 e. The van der Waals surface area contributed by atoms with Gasteiger partial charge in [0.05, 0.1) is 19.3 Å². The first-order chi connectivity index (χ1) is 10.3. The molecule has 0 atom stereocenters. The Morgan fingerprint density at radius 2 is 1.71 bits per heavy atom. The van der Waals surface area contributed by atoms with Crippen molar-refractivity contribution in [2.75, 3.05) is 33.5 Å². The van der Waals surface area contributed by atoms with Crippen LogP contribution in [0, 0.1) is 0 Å². The number of carbonyl (C=O) groups excluding carboxylic acids is 1. The molecule has 5 nitrogen and oxygen atoms in total. The molecule has 5 heteroatoms. The van der Waals surface area contributed by atoms with Gasteiger partial charge in [-0.05, 0) is 50.1 Å². The van der Waals surface area contributed by atoms with Gasteiger partial charge >= 0.3 is 5.97 Å². The van der Waals surface area contributed by atoms with E-state index in [1.807, 2.05) is 0 Å². The zero-order valence-electron chi connectivity index (χ0n) is 12.7. The fourth-order valence-electron chi connectivity index (χ4n) is 1.78. The molecule has 0 amide bonds. The van der Waals surface area contributed by atoms with Crippen molar-refractivity contribution in [3.63, 3.8) is 0 Å². The highest BCUT2D eigenvalue weighted by atomic mass is 16.5. The molecule has 2 N–H and O–H groups in total. The Morgan fingerprint density at radius 3 is 2.38 bits per heavy atom. The Hall–Kier alpha value is -1.59. The van der Waals surface area contributed by atoms with Crippen molar-refractivity contribution >= 4 is 5.97 Å². The predicted molar refractivity (Wildman–Crippen MR) is 81.6 cm³/mol. The lowest BCUT2D eigenvalue weighted by atomic mass is 10.2. The fraction of sp³-hybridized carbons (Fsp3) is 0.562. The molecule has 1 rings (SSSR count). The van der Waals surface area contributed by atoms with Crippen molar-refractivity contribution in [2.24, 2.45) is 5.73 Å². The summed E-state index contributed by atoms with van der Waals surface area (Å²) in [5.41, 5.74) is 5.93. The van der Waals surface area contributed by atoms with E-state index in [0.29, 0.717) is 18.8 Å². The lowest BCUT2D eigenvalue weighted by Crippen LogP contribution is -2.05. The van der Waals surface area contributed by atoms with Crippen LogP contribution in [0.2, 0.25) is 0 Å². The monoisotopic (exact) mass is 295 g/mol. The van der Waals surface area contributed by atoms with E-state index in [1.165, 1.54) is 7.11 Å². The third-order valence-corrected chi connectivity index (χ3v) is 2.97. The standard InChI is InChI=1S/C16H25NO4/c1-19-16(18)14-6-8-15(9-7-14)21-13-5-12-20-11-4-2-3-10-17/h6-9H,2-5,10-13,17H2,1H3. The topological polar surface area (TPSA) is 70.8 Å². The number of unbranched alkanes of at least 4 members (excludes halogenated alkanes) is 2. The van der Waals surface area contributed by atoms with Gasteiger partial charge in [0.25, 0.3) is 0 Å². The molecular formula is C16H25NO4. The number of hydrogen-bond donors (Lipinski definition) is 1. The number of carbonyl (C=O) groups is 1. The molecule has 0 saturated carbocycles. The third-order valence-electron chi connectivity index (χ3n) is 2.97. The van der Waals surface area contributed by atoms with Gasteiger partial charge in [0.2, 0.25) is 0 Å². The molecule has 1 aromatic rings. The second-order valence-electron chi connectivity index (χ2n) is 4.68. The summed E-state index contributed by atoms with van der Waals surface area (Å²) < 4.78 is 15.7. The summed E-state index contributed by atoms with van der Waals surface area (Å²) in [4.78, 5) is 11.3. The lowest BCUT2D eigenvalue weighted by molar-refractivity contribution is 0.0600. The van der Waals surface area contributed by atoms with E-state index in [1.54, 1.807) is 24.3 Å². The van der Waals surface area contributed by atoms with E-state index < -0.39 is 0 Å². The van der Waals surface area contributed by atoms with Crippen molar-refractivity contribution in [2.45, 2.75) is 25.7 Å². The van der Waals surface area contributed by atoms with E-state index >= 15 is 0 Å². The normalized spacial score (nSPS) is 10.4. The van der Waals surface area contributed by atoms with Gasteiger partial charge in [-0.1, -0.05) is 0 Å². The van der Waals surface area contributed by atoms with Crippen LogP contribution in [0.3, 0.4) is 0 Å². The van der Waals surface area contributed by atoms with E-state index in [-0.39, 0.29) is 5.97 Å². The maximum Gasteiger partial charge on any atom is 0.337 e. The molecule has 1 aromatic carbocycles.